The third-order valence-electron chi connectivity index (χ3n) is 2.76. The molecule has 0 saturated carbocycles. The van der Waals surface area contributed by atoms with Gasteiger partial charge in [-0.25, -0.2) is 4.98 Å². The summed E-state index contributed by atoms with van der Waals surface area (Å²) in [5, 5.41) is 12.2. The molecule has 1 atom stereocenters. The maximum Gasteiger partial charge on any atom is 0.320 e. The Morgan fingerprint density at radius 1 is 1.44 bits per heavy atom. The standard InChI is InChI=1S/C13H23N3O2/c1-9(2)12-14-6-8-16(12)7-5-11(13(17)18)15-10(3)4/h6,8-11,15H,5,7H2,1-4H3,(H,17,18). The molecule has 2 N–H and O–H groups in total. The van der Waals surface area contributed by atoms with Gasteiger partial charge in [-0.05, 0) is 6.42 Å². The molecule has 0 spiro atoms. The highest BCUT2D eigenvalue weighted by Gasteiger charge is 2.18. The molecule has 1 aromatic heterocycles. The number of aliphatic carboxylic acids is 1. The molecule has 0 radical (unpaired) electrons. The Balaban J connectivity index is 2.61. The van der Waals surface area contributed by atoms with Crippen LogP contribution in [0.2, 0.25) is 0 Å². The van der Waals surface area contributed by atoms with Crippen LogP contribution in [0, 0.1) is 0 Å². The van der Waals surface area contributed by atoms with Crippen LogP contribution in [0.25, 0.3) is 0 Å². The molecule has 102 valence electrons. The van der Waals surface area contributed by atoms with E-state index in [-0.39, 0.29) is 6.04 Å². The highest BCUT2D eigenvalue weighted by molar-refractivity contribution is 5.73. The molecule has 5 nitrogen and oxygen atoms in total. The van der Waals surface area contributed by atoms with Gasteiger partial charge in [0.1, 0.15) is 11.9 Å². The normalized spacial score (nSPS) is 13.2. The number of aryl methyl sites for hydroxylation is 1. The fraction of sp³-hybridized carbons (Fsp3) is 0.692. The number of aromatic nitrogens is 2. The first-order valence-electron chi connectivity index (χ1n) is 6.41. The van der Waals surface area contributed by atoms with E-state index < -0.39 is 12.0 Å². The smallest absolute Gasteiger partial charge is 0.320 e. The molecule has 0 aromatic carbocycles. The Bertz CT molecular complexity index is 385. The van der Waals surface area contributed by atoms with Crippen molar-refractivity contribution in [3.05, 3.63) is 18.2 Å². The van der Waals surface area contributed by atoms with Crippen LogP contribution in [0.15, 0.2) is 12.4 Å². The van der Waals surface area contributed by atoms with Gasteiger partial charge in [0, 0.05) is 30.9 Å². The summed E-state index contributed by atoms with van der Waals surface area (Å²) in [7, 11) is 0. The number of imidazole rings is 1. The molecule has 1 rings (SSSR count). The molecule has 0 saturated heterocycles. The predicted molar refractivity (Wildman–Crippen MR) is 70.6 cm³/mol. The van der Waals surface area contributed by atoms with Gasteiger partial charge in [0.2, 0.25) is 0 Å². The zero-order chi connectivity index (χ0) is 13.7. The third kappa shape index (κ3) is 4.14. The number of rotatable bonds is 7. The van der Waals surface area contributed by atoms with E-state index in [0.29, 0.717) is 18.9 Å². The Hall–Kier alpha value is -1.36. The van der Waals surface area contributed by atoms with E-state index in [1.165, 1.54) is 0 Å². The highest BCUT2D eigenvalue weighted by Crippen LogP contribution is 2.12. The molecule has 0 aliphatic rings. The highest BCUT2D eigenvalue weighted by atomic mass is 16.4. The third-order valence-corrected chi connectivity index (χ3v) is 2.76. The topological polar surface area (TPSA) is 67.2 Å². The minimum absolute atomic E-state index is 0.165. The van der Waals surface area contributed by atoms with E-state index in [9.17, 15) is 4.79 Å². The van der Waals surface area contributed by atoms with Crippen LogP contribution in [0.4, 0.5) is 0 Å². The van der Waals surface area contributed by atoms with Crippen LogP contribution in [-0.2, 0) is 11.3 Å². The first kappa shape index (κ1) is 14.7. The number of nitrogens with zero attached hydrogens (tertiary/aromatic N) is 2. The zero-order valence-electron chi connectivity index (χ0n) is 11.6. The SMILES string of the molecule is CC(C)NC(CCn1ccnc1C(C)C)C(=O)O. The lowest BCUT2D eigenvalue weighted by molar-refractivity contribution is -0.139. The van der Waals surface area contributed by atoms with Gasteiger partial charge in [-0.1, -0.05) is 27.7 Å². The van der Waals surface area contributed by atoms with Gasteiger partial charge in [0.05, 0.1) is 0 Å². The number of carboxylic acid groups (broad SMARTS) is 1. The minimum atomic E-state index is -0.796. The van der Waals surface area contributed by atoms with Crippen molar-refractivity contribution in [1.82, 2.24) is 14.9 Å². The maximum atomic E-state index is 11.1. The van der Waals surface area contributed by atoms with Crippen molar-refractivity contribution in [2.45, 2.75) is 58.7 Å². The van der Waals surface area contributed by atoms with Crippen LogP contribution >= 0.6 is 0 Å². The van der Waals surface area contributed by atoms with Crippen LogP contribution in [0.1, 0.15) is 45.9 Å². The zero-order valence-corrected chi connectivity index (χ0v) is 11.6. The molecule has 18 heavy (non-hydrogen) atoms. The van der Waals surface area contributed by atoms with Crippen LogP contribution < -0.4 is 5.32 Å². The second kappa shape index (κ2) is 6.54. The summed E-state index contributed by atoms with van der Waals surface area (Å²) < 4.78 is 2.03. The van der Waals surface area contributed by atoms with Gasteiger partial charge >= 0.3 is 5.97 Å². The molecule has 0 aliphatic heterocycles. The van der Waals surface area contributed by atoms with Crippen molar-refractivity contribution in [2.24, 2.45) is 0 Å². The van der Waals surface area contributed by atoms with Crippen molar-refractivity contribution in [3.63, 3.8) is 0 Å². The molecule has 5 heteroatoms. The van der Waals surface area contributed by atoms with Gasteiger partial charge in [-0.2, -0.15) is 0 Å². The Morgan fingerprint density at radius 2 is 2.11 bits per heavy atom. The Morgan fingerprint density at radius 3 is 2.61 bits per heavy atom. The van der Waals surface area contributed by atoms with Gasteiger partial charge < -0.3 is 15.0 Å². The summed E-state index contributed by atoms with van der Waals surface area (Å²) in [4.78, 5) is 15.4. The van der Waals surface area contributed by atoms with E-state index in [0.717, 1.165) is 5.82 Å². The summed E-state index contributed by atoms with van der Waals surface area (Å²) >= 11 is 0. The summed E-state index contributed by atoms with van der Waals surface area (Å²) in [6.45, 7) is 8.74. The predicted octanol–water partition coefficient (Wildman–Crippen LogP) is 1.85. The molecule has 0 aliphatic carbocycles. The van der Waals surface area contributed by atoms with Crippen molar-refractivity contribution in [1.29, 1.82) is 0 Å². The van der Waals surface area contributed by atoms with Crippen molar-refractivity contribution in [2.75, 3.05) is 0 Å². The fourth-order valence-electron chi connectivity index (χ4n) is 1.96. The van der Waals surface area contributed by atoms with Crippen LogP contribution in [-0.4, -0.2) is 32.7 Å². The minimum Gasteiger partial charge on any atom is -0.480 e. The molecule has 0 bridgehead atoms. The molecule has 0 amide bonds. The van der Waals surface area contributed by atoms with Crippen molar-refractivity contribution < 1.29 is 9.90 Å². The summed E-state index contributed by atoms with van der Waals surface area (Å²) in [5.41, 5.74) is 0. The second-order valence-corrected chi connectivity index (χ2v) is 5.13. The second-order valence-electron chi connectivity index (χ2n) is 5.13. The van der Waals surface area contributed by atoms with Crippen molar-refractivity contribution >= 4 is 5.97 Å². The lowest BCUT2D eigenvalue weighted by Crippen LogP contribution is -2.41. The van der Waals surface area contributed by atoms with Gasteiger partial charge in [-0.3, -0.25) is 4.79 Å². The van der Waals surface area contributed by atoms with E-state index in [1.54, 1.807) is 6.20 Å². The van der Waals surface area contributed by atoms with E-state index in [4.69, 9.17) is 5.11 Å². The fourth-order valence-corrected chi connectivity index (χ4v) is 1.96. The van der Waals surface area contributed by atoms with Crippen molar-refractivity contribution in [3.8, 4) is 0 Å². The largest absolute Gasteiger partial charge is 0.480 e. The lowest BCUT2D eigenvalue weighted by atomic mass is 10.1. The molecule has 1 aromatic rings. The summed E-state index contributed by atoms with van der Waals surface area (Å²) in [6, 6.07) is -0.342. The first-order valence-corrected chi connectivity index (χ1v) is 6.41. The summed E-state index contributed by atoms with van der Waals surface area (Å²) in [5.74, 6) is 0.555. The van der Waals surface area contributed by atoms with E-state index >= 15 is 0 Å². The summed E-state index contributed by atoms with van der Waals surface area (Å²) in [6.07, 6.45) is 4.23. The maximum absolute atomic E-state index is 11.1. The first-order chi connectivity index (χ1) is 8.41. The van der Waals surface area contributed by atoms with Gasteiger partial charge in [-0.15, -0.1) is 0 Å². The molecule has 0 fully saturated rings. The van der Waals surface area contributed by atoms with Gasteiger partial charge in [0.15, 0.2) is 0 Å². The van der Waals surface area contributed by atoms with Gasteiger partial charge in [0.25, 0.3) is 0 Å². The quantitative estimate of drug-likeness (QED) is 0.778. The average Bonchev–Trinajstić information content (AvgIpc) is 2.71. The number of hydrogen-bond acceptors (Lipinski definition) is 3. The Kier molecular flexibility index (Phi) is 5.34. The van der Waals surface area contributed by atoms with Crippen LogP contribution in [0.3, 0.4) is 0 Å². The average molecular weight is 253 g/mol. The van der Waals surface area contributed by atoms with Crippen LogP contribution in [0.5, 0.6) is 0 Å². The number of carboxylic acids is 1. The molecular weight excluding hydrogens is 230 g/mol. The number of carbonyl (C=O) groups is 1. The molecule has 1 unspecified atom stereocenters. The number of nitrogens with one attached hydrogen (secondary N) is 1. The molecule has 1 heterocycles. The Labute approximate surface area is 108 Å². The van der Waals surface area contributed by atoms with E-state index in [2.05, 4.69) is 24.1 Å². The number of hydrogen-bond donors (Lipinski definition) is 2. The monoisotopic (exact) mass is 253 g/mol. The van der Waals surface area contributed by atoms with E-state index in [1.807, 2.05) is 24.6 Å². The molecular formula is C13H23N3O2. The lowest BCUT2D eigenvalue weighted by Gasteiger charge is -2.18.